The van der Waals surface area contributed by atoms with Gasteiger partial charge in [0, 0.05) is 18.8 Å². The Kier molecular flexibility index (Phi) is 4.27. The van der Waals surface area contributed by atoms with E-state index in [0.717, 1.165) is 11.4 Å². The standard InChI is InChI=1S/C15H17N3O3/c1-18(11-5-4-6-12(8-11)20-2)14-13(15(19)21-3)7-10(16)9-17-14/h4-9H,16H2,1-3H3. The lowest BCUT2D eigenvalue weighted by Gasteiger charge is -2.21. The van der Waals surface area contributed by atoms with E-state index in [4.69, 9.17) is 15.2 Å². The monoisotopic (exact) mass is 287 g/mol. The van der Waals surface area contributed by atoms with Gasteiger partial charge in [-0.1, -0.05) is 6.07 Å². The molecule has 2 N–H and O–H groups in total. The molecule has 0 bridgehead atoms. The second kappa shape index (κ2) is 6.13. The minimum Gasteiger partial charge on any atom is -0.497 e. The number of carbonyl (C=O) groups excluding carboxylic acids is 1. The van der Waals surface area contributed by atoms with E-state index in [2.05, 4.69) is 4.98 Å². The Morgan fingerprint density at radius 3 is 2.71 bits per heavy atom. The van der Waals surface area contributed by atoms with E-state index in [1.165, 1.54) is 13.3 Å². The zero-order chi connectivity index (χ0) is 15.4. The number of ether oxygens (including phenoxy) is 2. The van der Waals surface area contributed by atoms with Gasteiger partial charge in [-0.15, -0.1) is 0 Å². The Labute approximate surface area is 123 Å². The van der Waals surface area contributed by atoms with Crippen molar-refractivity contribution >= 4 is 23.2 Å². The molecule has 2 aromatic rings. The fourth-order valence-corrected chi connectivity index (χ4v) is 1.94. The van der Waals surface area contributed by atoms with Gasteiger partial charge in [0.2, 0.25) is 0 Å². The molecule has 0 atom stereocenters. The van der Waals surface area contributed by atoms with E-state index in [1.54, 1.807) is 25.1 Å². The van der Waals surface area contributed by atoms with Crippen LogP contribution in [0.4, 0.5) is 17.2 Å². The summed E-state index contributed by atoms with van der Waals surface area (Å²) < 4.78 is 9.98. The molecular weight excluding hydrogens is 270 g/mol. The number of nitrogens with two attached hydrogens (primary N) is 1. The number of carbonyl (C=O) groups is 1. The molecule has 0 saturated carbocycles. The van der Waals surface area contributed by atoms with Crippen molar-refractivity contribution in [3.05, 3.63) is 42.1 Å². The normalized spacial score (nSPS) is 10.0. The van der Waals surface area contributed by atoms with Crippen LogP contribution in [0.3, 0.4) is 0 Å². The maximum Gasteiger partial charge on any atom is 0.341 e. The summed E-state index contributed by atoms with van der Waals surface area (Å²) in [5.41, 5.74) is 7.24. The number of nitrogen functional groups attached to an aromatic ring is 1. The molecule has 2 rings (SSSR count). The van der Waals surface area contributed by atoms with Crippen molar-refractivity contribution in [1.82, 2.24) is 4.98 Å². The van der Waals surface area contributed by atoms with Gasteiger partial charge in [-0.05, 0) is 18.2 Å². The van der Waals surface area contributed by atoms with Gasteiger partial charge < -0.3 is 20.1 Å². The predicted octanol–water partition coefficient (Wildman–Crippen LogP) is 2.23. The molecular formula is C15H17N3O3. The van der Waals surface area contributed by atoms with E-state index >= 15 is 0 Å². The molecule has 1 aromatic carbocycles. The van der Waals surface area contributed by atoms with Crippen LogP contribution in [-0.4, -0.2) is 32.2 Å². The topological polar surface area (TPSA) is 77.7 Å². The van der Waals surface area contributed by atoms with Crippen LogP contribution in [0.5, 0.6) is 5.75 Å². The van der Waals surface area contributed by atoms with Crippen LogP contribution < -0.4 is 15.4 Å². The molecule has 0 fully saturated rings. The zero-order valence-corrected chi connectivity index (χ0v) is 12.2. The fraction of sp³-hybridized carbons (Fsp3) is 0.200. The lowest BCUT2D eigenvalue weighted by atomic mass is 10.2. The van der Waals surface area contributed by atoms with Gasteiger partial charge in [0.05, 0.1) is 26.1 Å². The zero-order valence-electron chi connectivity index (χ0n) is 12.2. The molecule has 1 heterocycles. The first-order chi connectivity index (χ1) is 10.1. The number of benzene rings is 1. The summed E-state index contributed by atoms with van der Waals surface area (Å²) in [6.07, 6.45) is 1.50. The van der Waals surface area contributed by atoms with Gasteiger partial charge in [-0.2, -0.15) is 0 Å². The number of hydrogen-bond acceptors (Lipinski definition) is 6. The molecule has 0 spiro atoms. The summed E-state index contributed by atoms with van der Waals surface area (Å²) >= 11 is 0. The number of rotatable bonds is 4. The predicted molar refractivity (Wildman–Crippen MR) is 81.0 cm³/mol. The highest BCUT2D eigenvalue weighted by atomic mass is 16.5. The summed E-state index contributed by atoms with van der Waals surface area (Å²) in [6, 6.07) is 8.99. The number of esters is 1. The van der Waals surface area contributed by atoms with Crippen molar-refractivity contribution in [2.75, 3.05) is 31.9 Å². The highest BCUT2D eigenvalue weighted by Gasteiger charge is 2.18. The van der Waals surface area contributed by atoms with Crippen molar-refractivity contribution in [2.45, 2.75) is 0 Å². The average Bonchev–Trinajstić information content (AvgIpc) is 2.53. The van der Waals surface area contributed by atoms with Gasteiger partial charge in [0.1, 0.15) is 17.1 Å². The molecule has 110 valence electrons. The lowest BCUT2D eigenvalue weighted by Crippen LogP contribution is -2.17. The van der Waals surface area contributed by atoms with Crippen LogP contribution in [0.1, 0.15) is 10.4 Å². The molecule has 6 heteroatoms. The minimum atomic E-state index is -0.487. The van der Waals surface area contributed by atoms with Crippen LogP contribution in [-0.2, 0) is 4.74 Å². The molecule has 21 heavy (non-hydrogen) atoms. The average molecular weight is 287 g/mol. The molecule has 1 aromatic heterocycles. The number of nitrogens with zero attached hydrogens (tertiary/aromatic N) is 2. The number of anilines is 3. The number of pyridine rings is 1. The first-order valence-corrected chi connectivity index (χ1v) is 6.28. The molecule has 0 radical (unpaired) electrons. The van der Waals surface area contributed by atoms with Gasteiger partial charge >= 0.3 is 5.97 Å². The van der Waals surface area contributed by atoms with E-state index in [-0.39, 0.29) is 0 Å². The maximum absolute atomic E-state index is 11.9. The maximum atomic E-state index is 11.9. The number of aromatic nitrogens is 1. The van der Waals surface area contributed by atoms with Gasteiger partial charge in [-0.25, -0.2) is 9.78 Å². The quantitative estimate of drug-likeness (QED) is 0.869. The van der Waals surface area contributed by atoms with Crippen LogP contribution in [0.25, 0.3) is 0 Å². The van der Waals surface area contributed by atoms with E-state index in [1.807, 2.05) is 24.3 Å². The first-order valence-electron chi connectivity index (χ1n) is 6.28. The Balaban J connectivity index is 2.47. The van der Waals surface area contributed by atoms with Gasteiger partial charge in [0.15, 0.2) is 0 Å². The summed E-state index contributed by atoms with van der Waals surface area (Å²) in [4.78, 5) is 17.9. The van der Waals surface area contributed by atoms with Crippen molar-refractivity contribution in [2.24, 2.45) is 0 Å². The highest BCUT2D eigenvalue weighted by molar-refractivity contribution is 5.96. The van der Waals surface area contributed by atoms with Crippen molar-refractivity contribution in [3.8, 4) is 5.75 Å². The molecule has 0 aliphatic rings. The third-order valence-corrected chi connectivity index (χ3v) is 3.05. The van der Waals surface area contributed by atoms with Crippen LogP contribution in [0, 0.1) is 0 Å². The summed E-state index contributed by atoms with van der Waals surface area (Å²) in [5.74, 6) is 0.693. The molecule has 0 aliphatic heterocycles. The SMILES string of the molecule is COC(=O)c1cc(N)cnc1N(C)c1cccc(OC)c1. The lowest BCUT2D eigenvalue weighted by molar-refractivity contribution is 0.0601. The third-order valence-electron chi connectivity index (χ3n) is 3.05. The number of methoxy groups -OCH3 is 2. The Morgan fingerprint density at radius 2 is 2.05 bits per heavy atom. The molecule has 0 aliphatic carbocycles. The molecule has 0 saturated heterocycles. The summed E-state index contributed by atoms with van der Waals surface area (Å²) in [6.45, 7) is 0. The Bertz CT molecular complexity index is 658. The second-order valence-electron chi connectivity index (χ2n) is 4.39. The van der Waals surface area contributed by atoms with Crippen molar-refractivity contribution in [1.29, 1.82) is 0 Å². The second-order valence-corrected chi connectivity index (χ2v) is 4.39. The van der Waals surface area contributed by atoms with E-state index in [0.29, 0.717) is 17.1 Å². The summed E-state index contributed by atoms with van der Waals surface area (Å²) in [7, 11) is 4.72. The van der Waals surface area contributed by atoms with E-state index in [9.17, 15) is 4.79 Å². The fourth-order valence-electron chi connectivity index (χ4n) is 1.94. The van der Waals surface area contributed by atoms with E-state index < -0.39 is 5.97 Å². The van der Waals surface area contributed by atoms with Gasteiger partial charge in [0.25, 0.3) is 0 Å². The Hall–Kier alpha value is -2.76. The smallest absolute Gasteiger partial charge is 0.341 e. The third kappa shape index (κ3) is 3.05. The highest BCUT2D eigenvalue weighted by Crippen LogP contribution is 2.29. The molecule has 6 nitrogen and oxygen atoms in total. The van der Waals surface area contributed by atoms with Crippen LogP contribution in [0.2, 0.25) is 0 Å². The Morgan fingerprint density at radius 1 is 1.29 bits per heavy atom. The van der Waals surface area contributed by atoms with Crippen molar-refractivity contribution in [3.63, 3.8) is 0 Å². The summed E-state index contributed by atoms with van der Waals surface area (Å²) in [5, 5.41) is 0. The molecule has 0 amide bonds. The minimum absolute atomic E-state index is 0.308. The van der Waals surface area contributed by atoms with Gasteiger partial charge in [-0.3, -0.25) is 0 Å². The molecule has 0 unspecified atom stereocenters. The van der Waals surface area contributed by atoms with Crippen LogP contribution >= 0.6 is 0 Å². The largest absolute Gasteiger partial charge is 0.497 e. The van der Waals surface area contributed by atoms with Crippen LogP contribution in [0.15, 0.2) is 36.5 Å². The first kappa shape index (κ1) is 14.6. The number of hydrogen-bond donors (Lipinski definition) is 1. The van der Waals surface area contributed by atoms with Crippen molar-refractivity contribution < 1.29 is 14.3 Å².